The molecule has 6 heteroatoms. The molecule has 5 nitrogen and oxygen atoms in total. The molecule has 2 amide bonds. The number of hydrogen-bond acceptors (Lipinski definition) is 2. The van der Waals surface area contributed by atoms with E-state index in [0.717, 1.165) is 11.3 Å². The summed E-state index contributed by atoms with van der Waals surface area (Å²) in [6.45, 7) is 0.916. The standard InChI is InChI=1S/C14H17ClN4O/c1-18(10-11-5-3-4-6-13(11)15)14(20)16-9-12-7-8-17-19(12)2/h3-8H,9-10H2,1-2H3,(H,16,20). The van der Waals surface area contributed by atoms with Gasteiger partial charge in [-0.05, 0) is 17.7 Å². The van der Waals surface area contributed by atoms with Gasteiger partial charge in [0.15, 0.2) is 0 Å². The molecule has 0 atom stereocenters. The molecule has 1 aromatic heterocycles. The second kappa shape index (κ2) is 6.43. The minimum Gasteiger partial charge on any atom is -0.332 e. The van der Waals surface area contributed by atoms with Crippen LogP contribution in [0.15, 0.2) is 36.5 Å². The number of carbonyl (C=O) groups excluding carboxylic acids is 1. The fraction of sp³-hybridized carbons (Fsp3) is 0.286. The van der Waals surface area contributed by atoms with Crippen molar-refractivity contribution in [3.8, 4) is 0 Å². The van der Waals surface area contributed by atoms with Crippen molar-refractivity contribution in [1.29, 1.82) is 0 Å². The lowest BCUT2D eigenvalue weighted by molar-refractivity contribution is 0.206. The van der Waals surface area contributed by atoms with Gasteiger partial charge in [0.05, 0.1) is 12.2 Å². The van der Waals surface area contributed by atoms with Crippen molar-refractivity contribution in [2.75, 3.05) is 7.05 Å². The van der Waals surface area contributed by atoms with Crippen molar-refractivity contribution in [3.05, 3.63) is 52.8 Å². The van der Waals surface area contributed by atoms with Crippen LogP contribution in [-0.4, -0.2) is 27.8 Å². The molecular weight excluding hydrogens is 276 g/mol. The van der Waals surface area contributed by atoms with E-state index in [1.807, 2.05) is 37.4 Å². The van der Waals surface area contributed by atoms with Crippen molar-refractivity contribution in [2.24, 2.45) is 7.05 Å². The highest BCUT2D eigenvalue weighted by molar-refractivity contribution is 6.31. The molecule has 0 bridgehead atoms. The predicted molar refractivity (Wildman–Crippen MR) is 78.4 cm³/mol. The van der Waals surface area contributed by atoms with Gasteiger partial charge >= 0.3 is 6.03 Å². The highest BCUT2D eigenvalue weighted by Crippen LogP contribution is 2.16. The average Bonchev–Trinajstić information content (AvgIpc) is 2.84. The van der Waals surface area contributed by atoms with E-state index in [9.17, 15) is 4.79 Å². The van der Waals surface area contributed by atoms with Crippen LogP contribution in [0.1, 0.15) is 11.3 Å². The topological polar surface area (TPSA) is 50.2 Å². The Labute approximate surface area is 123 Å². The molecule has 1 aromatic carbocycles. The summed E-state index contributed by atoms with van der Waals surface area (Å²) in [7, 11) is 3.58. The summed E-state index contributed by atoms with van der Waals surface area (Å²) in [6, 6.07) is 9.22. The Morgan fingerprint density at radius 3 is 2.80 bits per heavy atom. The van der Waals surface area contributed by atoms with Crippen LogP contribution in [0.4, 0.5) is 4.79 Å². The van der Waals surface area contributed by atoms with Crippen molar-refractivity contribution >= 4 is 17.6 Å². The molecule has 0 fully saturated rings. The van der Waals surface area contributed by atoms with Gasteiger partial charge in [-0.15, -0.1) is 0 Å². The summed E-state index contributed by atoms with van der Waals surface area (Å²) in [5.74, 6) is 0. The van der Waals surface area contributed by atoms with Crippen LogP contribution in [0.2, 0.25) is 5.02 Å². The molecule has 1 N–H and O–H groups in total. The Morgan fingerprint density at radius 1 is 1.40 bits per heavy atom. The predicted octanol–water partition coefficient (Wildman–Crippen LogP) is 2.42. The summed E-state index contributed by atoms with van der Waals surface area (Å²) in [5.41, 5.74) is 1.87. The van der Waals surface area contributed by atoms with Crippen molar-refractivity contribution in [2.45, 2.75) is 13.1 Å². The third kappa shape index (κ3) is 3.51. The van der Waals surface area contributed by atoms with Crippen LogP contribution < -0.4 is 5.32 Å². The molecule has 106 valence electrons. The number of halogens is 1. The maximum atomic E-state index is 12.0. The van der Waals surface area contributed by atoms with Crippen LogP contribution in [-0.2, 0) is 20.1 Å². The quantitative estimate of drug-likeness (QED) is 0.941. The molecule has 2 rings (SSSR count). The number of benzene rings is 1. The molecule has 0 aliphatic carbocycles. The van der Waals surface area contributed by atoms with E-state index in [4.69, 9.17) is 11.6 Å². The first-order valence-electron chi connectivity index (χ1n) is 6.27. The van der Waals surface area contributed by atoms with E-state index in [-0.39, 0.29) is 6.03 Å². The van der Waals surface area contributed by atoms with Crippen molar-refractivity contribution < 1.29 is 4.79 Å². The summed E-state index contributed by atoms with van der Waals surface area (Å²) >= 11 is 6.08. The third-order valence-electron chi connectivity index (χ3n) is 3.06. The zero-order chi connectivity index (χ0) is 14.5. The monoisotopic (exact) mass is 292 g/mol. The number of nitrogens with one attached hydrogen (secondary N) is 1. The van der Waals surface area contributed by atoms with Gasteiger partial charge in [-0.3, -0.25) is 4.68 Å². The Kier molecular flexibility index (Phi) is 4.63. The first-order chi connectivity index (χ1) is 9.58. The third-order valence-corrected chi connectivity index (χ3v) is 3.42. The zero-order valence-electron chi connectivity index (χ0n) is 11.5. The second-order valence-corrected chi connectivity index (χ2v) is 4.96. The Hall–Kier alpha value is -2.01. The molecule has 0 unspecified atom stereocenters. The Bertz CT molecular complexity index is 596. The maximum absolute atomic E-state index is 12.0. The van der Waals surface area contributed by atoms with Gasteiger partial charge in [-0.2, -0.15) is 5.10 Å². The fourth-order valence-electron chi connectivity index (χ4n) is 1.83. The molecule has 0 saturated carbocycles. The van der Waals surface area contributed by atoms with Gasteiger partial charge in [-0.25, -0.2) is 4.79 Å². The SMILES string of the molecule is CN(Cc1ccccc1Cl)C(=O)NCc1ccnn1C. The number of urea groups is 1. The van der Waals surface area contributed by atoms with E-state index < -0.39 is 0 Å². The van der Waals surface area contributed by atoms with Crippen LogP contribution >= 0.6 is 11.6 Å². The number of nitrogens with zero attached hydrogens (tertiary/aromatic N) is 3. The smallest absolute Gasteiger partial charge is 0.317 e. The zero-order valence-corrected chi connectivity index (χ0v) is 12.3. The second-order valence-electron chi connectivity index (χ2n) is 4.55. The molecule has 2 aromatic rings. The van der Waals surface area contributed by atoms with Gasteiger partial charge in [0.25, 0.3) is 0 Å². The van der Waals surface area contributed by atoms with Gasteiger partial charge < -0.3 is 10.2 Å². The molecule has 1 heterocycles. The van der Waals surface area contributed by atoms with Gasteiger partial charge in [-0.1, -0.05) is 29.8 Å². The number of amides is 2. The minimum atomic E-state index is -0.147. The minimum absolute atomic E-state index is 0.147. The Morgan fingerprint density at radius 2 is 2.15 bits per heavy atom. The van der Waals surface area contributed by atoms with Gasteiger partial charge in [0, 0.05) is 31.9 Å². The number of rotatable bonds is 4. The molecule has 0 aliphatic rings. The van der Waals surface area contributed by atoms with E-state index in [0.29, 0.717) is 18.1 Å². The summed E-state index contributed by atoms with van der Waals surface area (Å²) in [4.78, 5) is 13.6. The first-order valence-corrected chi connectivity index (χ1v) is 6.65. The first kappa shape index (κ1) is 14.4. The Balaban J connectivity index is 1.89. The van der Waals surface area contributed by atoms with Crippen LogP contribution in [0, 0.1) is 0 Å². The summed E-state index contributed by atoms with van der Waals surface area (Å²) in [5, 5.41) is 7.57. The van der Waals surface area contributed by atoms with Crippen molar-refractivity contribution in [1.82, 2.24) is 20.0 Å². The lowest BCUT2D eigenvalue weighted by Crippen LogP contribution is -2.36. The molecular formula is C14H17ClN4O. The van der Waals surface area contributed by atoms with Crippen LogP contribution in [0.5, 0.6) is 0 Å². The number of aromatic nitrogens is 2. The fourth-order valence-corrected chi connectivity index (χ4v) is 2.03. The summed E-state index contributed by atoms with van der Waals surface area (Å²) < 4.78 is 1.73. The van der Waals surface area contributed by atoms with Gasteiger partial charge in [0.1, 0.15) is 0 Å². The lowest BCUT2D eigenvalue weighted by atomic mass is 10.2. The normalized spacial score (nSPS) is 10.3. The molecule has 0 spiro atoms. The molecule has 0 aliphatic heterocycles. The lowest BCUT2D eigenvalue weighted by Gasteiger charge is -2.18. The van der Waals surface area contributed by atoms with E-state index in [2.05, 4.69) is 10.4 Å². The number of hydrogen-bond donors (Lipinski definition) is 1. The number of carbonyl (C=O) groups is 1. The van der Waals surface area contributed by atoms with Crippen molar-refractivity contribution in [3.63, 3.8) is 0 Å². The highest BCUT2D eigenvalue weighted by atomic mass is 35.5. The van der Waals surface area contributed by atoms with E-state index in [1.165, 1.54) is 0 Å². The van der Waals surface area contributed by atoms with E-state index >= 15 is 0 Å². The van der Waals surface area contributed by atoms with Crippen LogP contribution in [0.3, 0.4) is 0 Å². The maximum Gasteiger partial charge on any atom is 0.317 e. The molecule has 0 radical (unpaired) electrons. The number of aryl methyl sites for hydroxylation is 1. The van der Waals surface area contributed by atoms with Gasteiger partial charge in [0.2, 0.25) is 0 Å². The largest absolute Gasteiger partial charge is 0.332 e. The highest BCUT2D eigenvalue weighted by Gasteiger charge is 2.11. The average molecular weight is 293 g/mol. The van der Waals surface area contributed by atoms with E-state index in [1.54, 1.807) is 22.8 Å². The molecule has 20 heavy (non-hydrogen) atoms. The molecule has 0 saturated heterocycles. The van der Waals surface area contributed by atoms with Crippen LogP contribution in [0.25, 0.3) is 0 Å². The summed E-state index contributed by atoms with van der Waals surface area (Å²) in [6.07, 6.45) is 1.70.